The first-order valence-corrected chi connectivity index (χ1v) is 23.6. The summed E-state index contributed by atoms with van der Waals surface area (Å²) >= 11 is 0. The van der Waals surface area contributed by atoms with Gasteiger partial charge in [0, 0.05) is 38.9 Å². The summed E-state index contributed by atoms with van der Waals surface area (Å²) in [5.74, 6) is 0. The van der Waals surface area contributed by atoms with Gasteiger partial charge in [0.2, 0.25) is 0 Å². The number of hydrogen-bond acceptors (Lipinski definition) is 1. The van der Waals surface area contributed by atoms with E-state index in [0.29, 0.717) is 0 Å². The fourth-order valence-electron chi connectivity index (χ4n) is 11.5. The summed E-state index contributed by atoms with van der Waals surface area (Å²) in [5, 5.41) is 7.55. The van der Waals surface area contributed by atoms with Crippen molar-refractivity contribution < 1.29 is 0 Å². The lowest BCUT2D eigenvalue weighted by Crippen LogP contribution is -2.18. The highest BCUT2D eigenvalue weighted by atomic mass is 15.1. The van der Waals surface area contributed by atoms with Crippen LogP contribution in [0.1, 0.15) is 37.8 Å². The number of aromatic nitrogens is 1. The molecular formula is C65H48N2. The SMILES string of the molecule is CC1(C)C2=C(CCC=C2)c2ccc(N(c3ccccc3)c3ccc(-c4ccc5c(c4)c4ccccc4n5-c4ccc(-c5c6ccccc6c(-c6ccccc6)c6ccccc56)cc4)cc3)cc21. The van der Waals surface area contributed by atoms with E-state index in [0.717, 1.165) is 29.9 Å². The third-order valence-corrected chi connectivity index (χ3v) is 14.7. The van der Waals surface area contributed by atoms with Crippen molar-refractivity contribution >= 4 is 66.0 Å². The van der Waals surface area contributed by atoms with Crippen LogP contribution in [0.25, 0.3) is 88.0 Å². The van der Waals surface area contributed by atoms with Gasteiger partial charge in [0.05, 0.1) is 11.0 Å². The van der Waals surface area contributed by atoms with Gasteiger partial charge in [0.25, 0.3) is 0 Å². The number of benzene rings is 10. The van der Waals surface area contributed by atoms with Crippen molar-refractivity contribution in [3.05, 3.63) is 247 Å². The van der Waals surface area contributed by atoms with Crippen molar-refractivity contribution in [3.8, 4) is 39.1 Å². The topological polar surface area (TPSA) is 8.17 Å². The van der Waals surface area contributed by atoms with Crippen molar-refractivity contribution in [3.63, 3.8) is 0 Å². The standard InChI is InChI=1S/C65H48N2/c1-65(2)59-27-15-13-21-51(59)52-39-38-50(42-60(52)65)66(47-19-7-4-8-20-47)48-34-29-43(30-35-48)46-33-40-62-58(41-46)53-22-14-16-28-61(53)67(62)49-36-31-45(32-37-49)64-56-25-11-9-23-54(56)63(44-17-5-3-6-18-44)55-24-10-12-26-57(55)64/h3-12,14-20,22-42H,13,21H2,1-2H3. The van der Waals surface area contributed by atoms with E-state index >= 15 is 0 Å². The molecule has 0 unspecified atom stereocenters. The zero-order valence-corrected chi connectivity index (χ0v) is 37.7. The second-order valence-electron chi connectivity index (χ2n) is 18.7. The predicted octanol–water partition coefficient (Wildman–Crippen LogP) is 18.0. The molecule has 0 radical (unpaired) electrons. The number of para-hydroxylation sites is 2. The van der Waals surface area contributed by atoms with E-state index < -0.39 is 0 Å². The molecule has 0 amide bonds. The van der Waals surface area contributed by atoms with Crippen LogP contribution in [0.5, 0.6) is 0 Å². The van der Waals surface area contributed by atoms with Gasteiger partial charge in [-0.3, -0.25) is 0 Å². The number of hydrogen-bond donors (Lipinski definition) is 0. The molecule has 0 atom stereocenters. The third-order valence-electron chi connectivity index (χ3n) is 14.7. The highest BCUT2D eigenvalue weighted by Crippen LogP contribution is 2.52. The van der Waals surface area contributed by atoms with E-state index in [1.165, 1.54) is 105 Å². The average molecular weight is 857 g/mol. The molecule has 0 saturated carbocycles. The van der Waals surface area contributed by atoms with Gasteiger partial charge in [-0.1, -0.05) is 178 Å². The van der Waals surface area contributed by atoms with Crippen LogP contribution in [0.15, 0.2) is 236 Å². The predicted molar refractivity (Wildman–Crippen MR) is 285 cm³/mol. The van der Waals surface area contributed by atoms with Crippen LogP contribution < -0.4 is 4.90 Å². The van der Waals surface area contributed by atoms with Gasteiger partial charge < -0.3 is 9.47 Å². The second-order valence-corrected chi connectivity index (χ2v) is 18.7. The van der Waals surface area contributed by atoms with E-state index in [2.05, 4.69) is 254 Å². The Morgan fingerprint density at radius 1 is 0.418 bits per heavy atom. The average Bonchev–Trinajstić information content (AvgIpc) is 3.84. The summed E-state index contributed by atoms with van der Waals surface area (Å²) in [7, 11) is 0. The second kappa shape index (κ2) is 15.5. The maximum atomic E-state index is 2.44. The minimum Gasteiger partial charge on any atom is -0.310 e. The number of fused-ring (bicyclic) bond motifs is 7. The number of allylic oxidation sites excluding steroid dienone is 4. The largest absolute Gasteiger partial charge is 0.310 e. The molecule has 0 bridgehead atoms. The van der Waals surface area contributed by atoms with Gasteiger partial charge in [-0.15, -0.1) is 0 Å². The Morgan fingerprint density at radius 3 is 1.61 bits per heavy atom. The lowest BCUT2D eigenvalue weighted by molar-refractivity contribution is 0.651. The normalized spacial score (nSPS) is 14.0. The Kier molecular flexibility index (Phi) is 9.05. The first-order valence-electron chi connectivity index (χ1n) is 23.6. The fourth-order valence-corrected chi connectivity index (χ4v) is 11.5. The molecule has 1 aromatic heterocycles. The molecule has 0 fully saturated rings. The molecule has 10 aromatic carbocycles. The Bertz CT molecular complexity index is 3740. The van der Waals surface area contributed by atoms with Crippen LogP contribution >= 0.6 is 0 Å². The van der Waals surface area contributed by atoms with Gasteiger partial charge in [0.1, 0.15) is 0 Å². The molecule has 0 saturated heterocycles. The molecule has 13 rings (SSSR count). The summed E-state index contributed by atoms with van der Waals surface area (Å²) < 4.78 is 2.42. The van der Waals surface area contributed by atoms with E-state index in [9.17, 15) is 0 Å². The quantitative estimate of drug-likeness (QED) is 0.145. The van der Waals surface area contributed by atoms with Crippen LogP contribution in [0.2, 0.25) is 0 Å². The maximum Gasteiger partial charge on any atom is 0.0541 e. The molecule has 2 nitrogen and oxygen atoms in total. The van der Waals surface area contributed by atoms with Crippen LogP contribution in [0.3, 0.4) is 0 Å². The molecular weight excluding hydrogens is 809 g/mol. The van der Waals surface area contributed by atoms with Crippen LogP contribution in [0, 0.1) is 0 Å². The van der Waals surface area contributed by atoms with Crippen molar-refractivity contribution in [2.24, 2.45) is 0 Å². The number of nitrogens with zero attached hydrogens (tertiary/aromatic N) is 2. The Labute approximate surface area is 392 Å². The van der Waals surface area contributed by atoms with E-state index in [1.807, 2.05) is 0 Å². The monoisotopic (exact) mass is 856 g/mol. The lowest BCUT2D eigenvalue weighted by atomic mass is 9.80. The van der Waals surface area contributed by atoms with Crippen molar-refractivity contribution in [2.75, 3.05) is 4.90 Å². The molecule has 2 aliphatic carbocycles. The summed E-state index contributed by atoms with van der Waals surface area (Å²) in [4.78, 5) is 2.40. The van der Waals surface area contributed by atoms with E-state index in [1.54, 1.807) is 0 Å². The Morgan fingerprint density at radius 2 is 0.940 bits per heavy atom. The molecule has 318 valence electrons. The first kappa shape index (κ1) is 39.2. The summed E-state index contributed by atoms with van der Waals surface area (Å²) in [6, 6.07) is 80.6. The smallest absolute Gasteiger partial charge is 0.0541 e. The van der Waals surface area contributed by atoms with Crippen molar-refractivity contribution in [2.45, 2.75) is 32.1 Å². The van der Waals surface area contributed by atoms with Crippen LogP contribution in [-0.2, 0) is 5.41 Å². The molecule has 67 heavy (non-hydrogen) atoms. The summed E-state index contributed by atoms with van der Waals surface area (Å²) in [6.07, 6.45) is 6.94. The third kappa shape index (κ3) is 6.24. The van der Waals surface area contributed by atoms with Gasteiger partial charge in [0.15, 0.2) is 0 Å². The highest BCUT2D eigenvalue weighted by Gasteiger charge is 2.37. The molecule has 1 heterocycles. The van der Waals surface area contributed by atoms with E-state index in [-0.39, 0.29) is 5.41 Å². The molecule has 11 aromatic rings. The first-order chi connectivity index (χ1) is 33.0. The molecule has 0 spiro atoms. The fraction of sp³-hybridized carbons (Fsp3) is 0.0769. The zero-order chi connectivity index (χ0) is 44.6. The minimum absolute atomic E-state index is 0.0321. The lowest BCUT2D eigenvalue weighted by Gasteiger charge is -2.28. The molecule has 0 N–H and O–H groups in total. The number of anilines is 3. The molecule has 2 aliphatic rings. The molecule has 0 aliphatic heterocycles. The van der Waals surface area contributed by atoms with Gasteiger partial charge >= 0.3 is 0 Å². The van der Waals surface area contributed by atoms with E-state index in [4.69, 9.17) is 0 Å². The summed E-state index contributed by atoms with van der Waals surface area (Å²) in [5.41, 5.74) is 20.2. The van der Waals surface area contributed by atoms with Crippen LogP contribution in [-0.4, -0.2) is 4.57 Å². The zero-order valence-electron chi connectivity index (χ0n) is 37.7. The number of rotatable bonds is 7. The van der Waals surface area contributed by atoms with Crippen molar-refractivity contribution in [1.82, 2.24) is 4.57 Å². The Balaban J connectivity index is 0.869. The minimum atomic E-state index is -0.0321. The van der Waals surface area contributed by atoms with Gasteiger partial charge in [-0.25, -0.2) is 0 Å². The highest BCUT2D eigenvalue weighted by molar-refractivity contribution is 6.21. The van der Waals surface area contributed by atoms with Gasteiger partial charge in [-0.05, 0) is 157 Å². The Hall–Kier alpha value is -8.20. The van der Waals surface area contributed by atoms with Crippen molar-refractivity contribution in [1.29, 1.82) is 0 Å². The van der Waals surface area contributed by atoms with Gasteiger partial charge in [-0.2, -0.15) is 0 Å². The summed E-state index contributed by atoms with van der Waals surface area (Å²) in [6.45, 7) is 4.77. The van der Waals surface area contributed by atoms with Crippen LogP contribution in [0.4, 0.5) is 17.1 Å². The molecule has 2 heteroatoms. The maximum absolute atomic E-state index is 2.44.